The molecule has 0 saturated heterocycles. The number of nitrogen functional groups attached to an aromatic ring is 1. The number of H-pyrrole nitrogens is 1. The summed E-state index contributed by atoms with van der Waals surface area (Å²) in [6.07, 6.45) is 4.82. The first kappa shape index (κ1) is 12.9. The molecule has 0 spiro atoms. The summed E-state index contributed by atoms with van der Waals surface area (Å²) in [7, 11) is 0. The summed E-state index contributed by atoms with van der Waals surface area (Å²) in [6, 6.07) is 5.30. The van der Waals surface area contributed by atoms with Gasteiger partial charge in [-0.05, 0) is 17.7 Å². The molecule has 3 aromatic rings. The lowest BCUT2D eigenvalue weighted by molar-refractivity contribution is 1.09. The van der Waals surface area contributed by atoms with Crippen molar-refractivity contribution in [3.05, 3.63) is 47.0 Å². The number of aromatic amines is 1. The van der Waals surface area contributed by atoms with Crippen LogP contribution in [0.5, 0.6) is 0 Å². The molecule has 20 heavy (non-hydrogen) atoms. The number of rotatable bonds is 2. The highest BCUT2D eigenvalue weighted by atomic mass is 35.5. The maximum atomic E-state index is 6.05. The van der Waals surface area contributed by atoms with E-state index < -0.39 is 0 Å². The van der Waals surface area contributed by atoms with E-state index in [0.29, 0.717) is 15.9 Å². The van der Waals surface area contributed by atoms with E-state index in [2.05, 4.69) is 20.2 Å². The maximum absolute atomic E-state index is 6.05. The number of hydrogen-bond donors (Lipinski definition) is 2. The van der Waals surface area contributed by atoms with Crippen molar-refractivity contribution in [1.82, 2.24) is 20.2 Å². The first-order valence-electron chi connectivity index (χ1n) is 5.71. The molecule has 0 unspecified atom stereocenters. The number of nitrogens with one attached hydrogen (secondary N) is 1. The molecule has 1 aromatic carbocycles. The zero-order valence-corrected chi connectivity index (χ0v) is 11.7. The molecule has 0 amide bonds. The van der Waals surface area contributed by atoms with Crippen molar-refractivity contribution < 1.29 is 0 Å². The van der Waals surface area contributed by atoms with Crippen molar-refractivity contribution in [2.75, 3.05) is 5.73 Å². The van der Waals surface area contributed by atoms with Gasteiger partial charge in [-0.15, -0.1) is 0 Å². The third-order valence-corrected chi connectivity index (χ3v) is 3.59. The molecule has 0 radical (unpaired) electrons. The van der Waals surface area contributed by atoms with Crippen molar-refractivity contribution in [3.8, 4) is 22.4 Å². The molecule has 100 valence electrons. The van der Waals surface area contributed by atoms with Gasteiger partial charge in [0, 0.05) is 18.0 Å². The van der Waals surface area contributed by atoms with Crippen LogP contribution in [0.15, 0.2) is 36.9 Å². The Bertz CT molecular complexity index is 755. The standard InChI is InChI=1S/C13H9Cl2N5/c14-9-2-1-7(3-10(9)15)11-12(19-20-13(11)16)8-4-17-6-18-5-8/h1-6H,(H3,16,19,20). The minimum atomic E-state index is 0.377. The van der Waals surface area contributed by atoms with E-state index in [9.17, 15) is 0 Å². The van der Waals surface area contributed by atoms with Gasteiger partial charge in [-0.2, -0.15) is 5.10 Å². The first-order valence-corrected chi connectivity index (χ1v) is 6.47. The van der Waals surface area contributed by atoms with Gasteiger partial charge in [0.05, 0.1) is 21.3 Å². The third kappa shape index (κ3) is 2.21. The third-order valence-electron chi connectivity index (χ3n) is 2.85. The van der Waals surface area contributed by atoms with Gasteiger partial charge in [0.25, 0.3) is 0 Å². The van der Waals surface area contributed by atoms with Crippen LogP contribution < -0.4 is 5.73 Å². The van der Waals surface area contributed by atoms with Crippen LogP contribution in [0.2, 0.25) is 10.0 Å². The zero-order chi connectivity index (χ0) is 14.1. The Hall–Kier alpha value is -2.11. The van der Waals surface area contributed by atoms with Crippen molar-refractivity contribution in [1.29, 1.82) is 0 Å². The fourth-order valence-corrected chi connectivity index (χ4v) is 2.24. The Morgan fingerprint density at radius 3 is 2.45 bits per heavy atom. The number of halogens is 2. The lowest BCUT2D eigenvalue weighted by atomic mass is 10.0. The molecular weight excluding hydrogens is 297 g/mol. The van der Waals surface area contributed by atoms with E-state index in [1.54, 1.807) is 24.5 Å². The molecular formula is C13H9Cl2N5. The van der Waals surface area contributed by atoms with Crippen molar-refractivity contribution >= 4 is 29.0 Å². The van der Waals surface area contributed by atoms with E-state index >= 15 is 0 Å². The molecule has 0 saturated carbocycles. The smallest absolute Gasteiger partial charge is 0.153 e. The average Bonchev–Trinajstić information content (AvgIpc) is 2.85. The van der Waals surface area contributed by atoms with Crippen LogP contribution >= 0.6 is 23.2 Å². The van der Waals surface area contributed by atoms with Crippen LogP contribution in [0.25, 0.3) is 22.4 Å². The van der Waals surface area contributed by atoms with Gasteiger partial charge in [0.15, 0.2) is 5.82 Å². The monoisotopic (exact) mass is 305 g/mol. The van der Waals surface area contributed by atoms with Crippen LogP contribution in [0, 0.1) is 0 Å². The molecule has 2 heterocycles. The van der Waals surface area contributed by atoms with Crippen molar-refractivity contribution in [2.45, 2.75) is 0 Å². The summed E-state index contributed by atoms with van der Waals surface area (Å²) >= 11 is 12.0. The van der Waals surface area contributed by atoms with Gasteiger partial charge in [-0.3, -0.25) is 5.10 Å². The number of anilines is 1. The number of benzene rings is 1. The molecule has 0 aliphatic heterocycles. The second-order valence-corrected chi connectivity index (χ2v) is 4.93. The van der Waals surface area contributed by atoms with Crippen LogP contribution in [0.1, 0.15) is 0 Å². The highest BCUT2D eigenvalue weighted by molar-refractivity contribution is 6.42. The van der Waals surface area contributed by atoms with Gasteiger partial charge < -0.3 is 5.73 Å². The Morgan fingerprint density at radius 2 is 1.75 bits per heavy atom. The highest BCUT2D eigenvalue weighted by Crippen LogP contribution is 2.36. The van der Waals surface area contributed by atoms with Gasteiger partial charge in [0.1, 0.15) is 6.33 Å². The lowest BCUT2D eigenvalue weighted by Crippen LogP contribution is -1.89. The summed E-state index contributed by atoms with van der Waals surface area (Å²) in [6.45, 7) is 0. The SMILES string of the molecule is Nc1n[nH]c(-c2cncnc2)c1-c1ccc(Cl)c(Cl)c1. The minimum absolute atomic E-state index is 0.377. The number of aromatic nitrogens is 4. The van der Waals surface area contributed by atoms with E-state index in [-0.39, 0.29) is 0 Å². The molecule has 7 heteroatoms. The normalized spacial score (nSPS) is 10.7. The zero-order valence-electron chi connectivity index (χ0n) is 10.1. The van der Waals surface area contributed by atoms with E-state index in [1.807, 2.05) is 6.07 Å². The topological polar surface area (TPSA) is 80.5 Å². The van der Waals surface area contributed by atoms with Crippen molar-refractivity contribution in [3.63, 3.8) is 0 Å². The van der Waals surface area contributed by atoms with Crippen LogP contribution in [0.4, 0.5) is 5.82 Å². The predicted octanol–water partition coefficient (Wildman–Crippen LogP) is 3.42. The van der Waals surface area contributed by atoms with Crippen molar-refractivity contribution in [2.24, 2.45) is 0 Å². The fourth-order valence-electron chi connectivity index (χ4n) is 1.94. The molecule has 5 nitrogen and oxygen atoms in total. The van der Waals surface area contributed by atoms with E-state index in [0.717, 1.165) is 22.4 Å². The molecule has 0 aliphatic rings. The fraction of sp³-hybridized carbons (Fsp3) is 0. The second kappa shape index (κ2) is 5.11. The number of nitrogens with zero attached hydrogens (tertiary/aromatic N) is 3. The summed E-state index contributed by atoms with van der Waals surface area (Å²) in [5.41, 5.74) is 9.04. The second-order valence-electron chi connectivity index (χ2n) is 4.11. The van der Waals surface area contributed by atoms with Crippen LogP contribution in [0.3, 0.4) is 0 Å². The van der Waals surface area contributed by atoms with Gasteiger partial charge in [-0.25, -0.2) is 9.97 Å². The van der Waals surface area contributed by atoms with Crippen LogP contribution in [-0.2, 0) is 0 Å². The lowest BCUT2D eigenvalue weighted by Gasteiger charge is -2.05. The Morgan fingerprint density at radius 1 is 1.00 bits per heavy atom. The van der Waals surface area contributed by atoms with Crippen LogP contribution in [-0.4, -0.2) is 20.2 Å². The molecule has 0 aliphatic carbocycles. The largest absolute Gasteiger partial charge is 0.382 e. The Balaban J connectivity index is 2.19. The maximum Gasteiger partial charge on any atom is 0.153 e. The van der Waals surface area contributed by atoms with Gasteiger partial charge in [0.2, 0.25) is 0 Å². The summed E-state index contributed by atoms with van der Waals surface area (Å²) in [4.78, 5) is 7.98. The summed E-state index contributed by atoms with van der Waals surface area (Å²) < 4.78 is 0. The van der Waals surface area contributed by atoms with Gasteiger partial charge in [-0.1, -0.05) is 29.3 Å². The summed E-state index contributed by atoms with van der Waals surface area (Å²) in [5.74, 6) is 0.377. The molecule has 0 fully saturated rings. The predicted molar refractivity (Wildman–Crippen MR) is 79.5 cm³/mol. The Kier molecular flexibility index (Phi) is 3.30. The molecule has 2 aromatic heterocycles. The summed E-state index contributed by atoms with van der Waals surface area (Å²) in [5, 5.41) is 7.88. The molecule has 0 bridgehead atoms. The number of hydrogen-bond acceptors (Lipinski definition) is 4. The Labute approximate surface area is 124 Å². The average molecular weight is 306 g/mol. The molecule has 3 rings (SSSR count). The van der Waals surface area contributed by atoms with E-state index in [1.165, 1.54) is 6.33 Å². The van der Waals surface area contributed by atoms with E-state index in [4.69, 9.17) is 28.9 Å². The van der Waals surface area contributed by atoms with Gasteiger partial charge >= 0.3 is 0 Å². The molecule has 3 N–H and O–H groups in total. The highest BCUT2D eigenvalue weighted by Gasteiger charge is 2.16. The minimum Gasteiger partial charge on any atom is -0.382 e. The quantitative estimate of drug-likeness (QED) is 0.760. The molecule has 0 atom stereocenters. The number of nitrogens with two attached hydrogens (primary N) is 1. The first-order chi connectivity index (χ1) is 9.66.